The SMILES string of the molecule is NC(=O)C(Nc1ccc(Cl)c(Br)c1)C1CCSC1. The van der Waals surface area contributed by atoms with Gasteiger partial charge in [-0.1, -0.05) is 11.6 Å². The Bertz CT molecular complexity index is 452. The molecule has 0 spiro atoms. The molecule has 2 rings (SSSR count). The van der Waals surface area contributed by atoms with Crippen LogP contribution in [0.1, 0.15) is 6.42 Å². The fourth-order valence-electron chi connectivity index (χ4n) is 2.00. The van der Waals surface area contributed by atoms with E-state index in [1.54, 1.807) is 6.07 Å². The predicted octanol–water partition coefficient (Wildman–Crippen LogP) is 3.12. The summed E-state index contributed by atoms with van der Waals surface area (Å²) in [5, 5.41) is 3.86. The minimum absolute atomic E-state index is 0.298. The second-order valence-electron chi connectivity index (χ2n) is 4.28. The fraction of sp³-hybridized carbons (Fsp3) is 0.417. The van der Waals surface area contributed by atoms with Gasteiger partial charge in [-0.3, -0.25) is 4.79 Å². The zero-order chi connectivity index (χ0) is 13.1. The van der Waals surface area contributed by atoms with Crippen molar-refractivity contribution in [1.29, 1.82) is 0 Å². The van der Waals surface area contributed by atoms with Crippen LogP contribution in [0.15, 0.2) is 22.7 Å². The molecule has 18 heavy (non-hydrogen) atoms. The zero-order valence-electron chi connectivity index (χ0n) is 9.66. The van der Waals surface area contributed by atoms with Gasteiger partial charge in [-0.15, -0.1) is 0 Å². The van der Waals surface area contributed by atoms with Gasteiger partial charge in [0.25, 0.3) is 0 Å². The summed E-state index contributed by atoms with van der Waals surface area (Å²) in [6, 6.07) is 5.19. The largest absolute Gasteiger partial charge is 0.373 e. The molecule has 1 heterocycles. The number of nitrogens with two attached hydrogens (primary N) is 1. The van der Waals surface area contributed by atoms with Crippen LogP contribution in [0, 0.1) is 5.92 Å². The number of halogens is 2. The van der Waals surface area contributed by atoms with Crippen molar-refractivity contribution in [3.8, 4) is 0 Å². The number of amides is 1. The van der Waals surface area contributed by atoms with Gasteiger partial charge in [0.15, 0.2) is 0 Å². The minimum atomic E-state index is -0.312. The smallest absolute Gasteiger partial charge is 0.240 e. The highest BCUT2D eigenvalue weighted by Crippen LogP contribution is 2.30. The number of thioether (sulfide) groups is 1. The number of primary amides is 1. The maximum absolute atomic E-state index is 11.6. The highest BCUT2D eigenvalue weighted by atomic mass is 79.9. The second kappa shape index (κ2) is 6.17. The summed E-state index contributed by atoms with van der Waals surface area (Å²) in [7, 11) is 0. The highest BCUT2D eigenvalue weighted by Gasteiger charge is 2.29. The Kier molecular flexibility index (Phi) is 4.81. The van der Waals surface area contributed by atoms with E-state index >= 15 is 0 Å². The maximum Gasteiger partial charge on any atom is 0.240 e. The fourth-order valence-corrected chi connectivity index (χ4v) is 3.80. The van der Waals surface area contributed by atoms with Crippen LogP contribution in [0.3, 0.4) is 0 Å². The zero-order valence-corrected chi connectivity index (χ0v) is 12.8. The topological polar surface area (TPSA) is 55.1 Å². The molecule has 3 N–H and O–H groups in total. The van der Waals surface area contributed by atoms with E-state index < -0.39 is 0 Å². The quantitative estimate of drug-likeness (QED) is 0.878. The highest BCUT2D eigenvalue weighted by molar-refractivity contribution is 9.10. The molecule has 0 aliphatic carbocycles. The summed E-state index contributed by atoms with van der Waals surface area (Å²) >= 11 is 11.2. The van der Waals surface area contributed by atoms with Gasteiger partial charge >= 0.3 is 0 Å². The molecule has 1 aliphatic heterocycles. The van der Waals surface area contributed by atoms with Gasteiger partial charge in [0.1, 0.15) is 6.04 Å². The molecule has 3 nitrogen and oxygen atoms in total. The van der Waals surface area contributed by atoms with Crippen molar-refractivity contribution >= 4 is 50.9 Å². The van der Waals surface area contributed by atoms with E-state index in [0.717, 1.165) is 28.1 Å². The van der Waals surface area contributed by atoms with E-state index in [9.17, 15) is 4.79 Å². The molecule has 1 fully saturated rings. The van der Waals surface area contributed by atoms with Crippen LogP contribution in [0.5, 0.6) is 0 Å². The van der Waals surface area contributed by atoms with E-state index in [-0.39, 0.29) is 11.9 Å². The lowest BCUT2D eigenvalue weighted by Gasteiger charge is -2.22. The molecule has 1 amide bonds. The second-order valence-corrected chi connectivity index (χ2v) is 6.69. The summed E-state index contributed by atoms with van der Waals surface area (Å²) < 4.78 is 0.804. The molecule has 1 aromatic carbocycles. The summed E-state index contributed by atoms with van der Waals surface area (Å²) in [5.74, 6) is 2.09. The summed E-state index contributed by atoms with van der Waals surface area (Å²) in [6.45, 7) is 0. The lowest BCUT2D eigenvalue weighted by atomic mass is 9.98. The molecule has 0 bridgehead atoms. The van der Waals surface area contributed by atoms with Gasteiger partial charge < -0.3 is 11.1 Å². The third-order valence-corrected chi connectivity index (χ3v) is 5.39. The molecule has 6 heteroatoms. The molecule has 2 unspecified atom stereocenters. The van der Waals surface area contributed by atoms with E-state index in [0.29, 0.717) is 10.9 Å². The number of benzene rings is 1. The molecular formula is C12H14BrClN2OS. The normalized spacial score (nSPS) is 20.7. The first kappa shape index (κ1) is 14.0. The van der Waals surface area contributed by atoms with Gasteiger partial charge in [-0.05, 0) is 58.0 Å². The van der Waals surface area contributed by atoms with Crippen LogP contribution in [0.25, 0.3) is 0 Å². The summed E-state index contributed by atoms with van der Waals surface area (Å²) in [5.41, 5.74) is 6.34. The summed E-state index contributed by atoms with van der Waals surface area (Å²) in [6.07, 6.45) is 1.03. The average Bonchev–Trinajstić information content (AvgIpc) is 2.83. The van der Waals surface area contributed by atoms with Crippen LogP contribution in [-0.4, -0.2) is 23.5 Å². The lowest BCUT2D eigenvalue weighted by Crippen LogP contribution is -2.41. The molecule has 0 aromatic heterocycles. The number of hydrogen-bond donors (Lipinski definition) is 2. The average molecular weight is 350 g/mol. The van der Waals surface area contributed by atoms with Crippen molar-refractivity contribution in [2.24, 2.45) is 11.7 Å². The Morgan fingerprint density at radius 3 is 2.94 bits per heavy atom. The Morgan fingerprint density at radius 1 is 1.61 bits per heavy atom. The first-order chi connectivity index (χ1) is 8.58. The standard InChI is InChI=1S/C12H14BrClN2OS/c13-9-5-8(1-2-10(9)14)16-11(12(15)17)7-3-4-18-6-7/h1-2,5,7,11,16H,3-4,6H2,(H2,15,17). The van der Waals surface area contributed by atoms with Crippen molar-refractivity contribution in [3.05, 3.63) is 27.7 Å². The van der Waals surface area contributed by atoms with Gasteiger partial charge in [-0.25, -0.2) is 0 Å². The van der Waals surface area contributed by atoms with Crippen LogP contribution in [0.4, 0.5) is 5.69 Å². The molecule has 0 saturated carbocycles. The predicted molar refractivity (Wildman–Crippen MR) is 81.2 cm³/mol. The maximum atomic E-state index is 11.6. The number of nitrogens with one attached hydrogen (secondary N) is 1. The third kappa shape index (κ3) is 3.33. The summed E-state index contributed by atoms with van der Waals surface area (Å²) in [4.78, 5) is 11.6. The van der Waals surface area contributed by atoms with Crippen LogP contribution >= 0.6 is 39.3 Å². The number of rotatable bonds is 4. The number of hydrogen-bond acceptors (Lipinski definition) is 3. The van der Waals surface area contributed by atoms with Gasteiger partial charge in [0.2, 0.25) is 5.91 Å². The van der Waals surface area contributed by atoms with Gasteiger partial charge in [0.05, 0.1) is 5.02 Å². The Balaban J connectivity index is 2.12. The van der Waals surface area contributed by atoms with Crippen LogP contribution < -0.4 is 11.1 Å². The first-order valence-electron chi connectivity index (χ1n) is 5.66. The third-order valence-electron chi connectivity index (χ3n) is 2.98. The van der Waals surface area contributed by atoms with E-state index in [2.05, 4.69) is 21.2 Å². The molecule has 1 saturated heterocycles. The number of carbonyl (C=O) groups excluding carboxylic acids is 1. The van der Waals surface area contributed by atoms with Crippen molar-refractivity contribution in [1.82, 2.24) is 0 Å². The number of carbonyl (C=O) groups is 1. The monoisotopic (exact) mass is 348 g/mol. The van der Waals surface area contributed by atoms with Crippen molar-refractivity contribution in [2.45, 2.75) is 12.5 Å². The molecular weight excluding hydrogens is 336 g/mol. The molecule has 1 aromatic rings. The van der Waals surface area contributed by atoms with Gasteiger partial charge in [-0.2, -0.15) is 11.8 Å². The van der Waals surface area contributed by atoms with Gasteiger partial charge in [0, 0.05) is 10.2 Å². The molecule has 1 aliphatic rings. The molecule has 2 atom stereocenters. The van der Waals surface area contributed by atoms with Crippen LogP contribution in [-0.2, 0) is 4.79 Å². The van der Waals surface area contributed by atoms with Crippen molar-refractivity contribution in [3.63, 3.8) is 0 Å². The Hall–Kier alpha value is -0.390. The molecule has 0 radical (unpaired) electrons. The van der Waals surface area contributed by atoms with E-state index in [1.807, 2.05) is 23.9 Å². The van der Waals surface area contributed by atoms with E-state index in [1.165, 1.54) is 0 Å². The first-order valence-corrected chi connectivity index (χ1v) is 7.99. The Morgan fingerprint density at radius 2 is 2.39 bits per heavy atom. The van der Waals surface area contributed by atoms with Crippen molar-refractivity contribution < 1.29 is 4.79 Å². The minimum Gasteiger partial charge on any atom is -0.373 e. The Labute approximate surface area is 124 Å². The van der Waals surface area contributed by atoms with E-state index in [4.69, 9.17) is 17.3 Å². The van der Waals surface area contributed by atoms with Crippen LogP contribution in [0.2, 0.25) is 5.02 Å². The molecule has 98 valence electrons. The number of anilines is 1. The van der Waals surface area contributed by atoms with Crippen molar-refractivity contribution in [2.75, 3.05) is 16.8 Å². The lowest BCUT2D eigenvalue weighted by molar-refractivity contribution is -0.119.